The van der Waals surface area contributed by atoms with Crippen LogP contribution in [0.5, 0.6) is 0 Å². The normalized spacial score (nSPS) is 14.6. The molecular weight excluding hydrogens is 236 g/mol. The third-order valence-corrected chi connectivity index (χ3v) is 2.97. The molecule has 0 spiro atoms. The molecule has 2 rings (SSSR count). The van der Waals surface area contributed by atoms with Crippen molar-refractivity contribution in [3.8, 4) is 0 Å². The number of rotatable bonds is 3. The molecule has 3 nitrogen and oxygen atoms in total. The lowest BCUT2D eigenvalue weighted by molar-refractivity contribution is 0.0534. The highest BCUT2D eigenvalue weighted by molar-refractivity contribution is 6.30. The van der Waals surface area contributed by atoms with Crippen LogP contribution >= 0.6 is 11.6 Å². The molecule has 90 valence electrons. The molecule has 4 heteroatoms. The largest absolute Gasteiger partial charge is 0.383 e. The number of benzene rings is 1. The molecule has 0 bridgehead atoms. The first-order valence-electron chi connectivity index (χ1n) is 5.43. The Morgan fingerprint density at radius 1 is 1.35 bits per heavy atom. The van der Waals surface area contributed by atoms with E-state index in [-0.39, 0.29) is 0 Å². The van der Waals surface area contributed by atoms with E-state index in [0.29, 0.717) is 17.1 Å². The van der Waals surface area contributed by atoms with Gasteiger partial charge in [-0.15, -0.1) is 0 Å². The molecule has 0 aliphatic rings. The molecule has 1 atom stereocenters. The Labute approximate surface area is 106 Å². The number of hydrogen-bond donors (Lipinski definition) is 1. The fourth-order valence-corrected chi connectivity index (χ4v) is 1.91. The Kier molecular flexibility index (Phi) is 3.22. The van der Waals surface area contributed by atoms with Crippen molar-refractivity contribution in [1.29, 1.82) is 0 Å². The summed E-state index contributed by atoms with van der Waals surface area (Å²) in [5.41, 5.74) is 0.745. The van der Waals surface area contributed by atoms with Gasteiger partial charge in [0.2, 0.25) is 0 Å². The van der Waals surface area contributed by atoms with E-state index in [2.05, 4.69) is 4.98 Å². The van der Waals surface area contributed by atoms with Crippen LogP contribution in [0.15, 0.2) is 36.8 Å². The van der Waals surface area contributed by atoms with Gasteiger partial charge in [0.25, 0.3) is 0 Å². The lowest BCUT2D eigenvalue weighted by Crippen LogP contribution is -2.24. The van der Waals surface area contributed by atoms with Crippen LogP contribution in [0.25, 0.3) is 0 Å². The van der Waals surface area contributed by atoms with Gasteiger partial charge in [-0.05, 0) is 24.6 Å². The molecule has 0 fully saturated rings. The van der Waals surface area contributed by atoms with Crippen molar-refractivity contribution < 1.29 is 5.11 Å². The molecule has 1 heterocycles. The minimum Gasteiger partial charge on any atom is -0.383 e. The average Bonchev–Trinajstić information content (AvgIpc) is 2.69. The molecule has 0 aliphatic carbocycles. The topological polar surface area (TPSA) is 38.0 Å². The maximum absolute atomic E-state index is 10.4. The van der Waals surface area contributed by atoms with Crippen molar-refractivity contribution >= 4 is 11.6 Å². The number of aromatic nitrogens is 2. The van der Waals surface area contributed by atoms with Gasteiger partial charge in [0.15, 0.2) is 0 Å². The summed E-state index contributed by atoms with van der Waals surface area (Å²) in [6.07, 6.45) is 4.03. The molecule has 1 N–H and O–H groups in total. The zero-order valence-corrected chi connectivity index (χ0v) is 10.6. The number of aryl methyl sites for hydroxylation is 1. The molecule has 17 heavy (non-hydrogen) atoms. The molecule has 1 aromatic heterocycles. The summed E-state index contributed by atoms with van der Waals surface area (Å²) in [5.74, 6) is 0. The van der Waals surface area contributed by atoms with Gasteiger partial charge in [-0.1, -0.05) is 23.7 Å². The lowest BCUT2D eigenvalue weighted by atomic mass is 9.94. The summed E-state index contributed by atoms with van der Waals surface area (Å²) in [7, 11) is 1.88. The lowest BCUT2D eigenvalue weighted by Gasteiger charge is -2.21. The van der Waals surface area contributed by atoms with Crippen molar-refractivity contribution in [1.82, 2.24) is 9.55 Å². The third-order valence-electron chi connectivity index (χ3n) is 2.72. The SMILES string of the molecule is Cn1cnc(C(C)(O)Cc2ccc(Cl)cc2)c1. The Bertz CT molecular complexity index is 502. The Hall–Kier alpha value is -1.32. The summed E-state index contributed by atoms with van der Waals surface area (Å²) in [4.78, 5) is 4.19. The van der Waals surface area contributed by atoms with Gasteiger partial charge in [0.1, 0.15) is 5.60 Å². The second kappa shape index (κ2) is 4.51. The predicted molar refractivity (Wildman–Crippen MR) is 67.9 cm³/mol. The second-order valence-electron chi connectivity index (χ2n) is 4.50. The van der Waals surface area contributed by atoms with Crippen LogP contribution in [0.1, 0.15) is 18.2 Å². The van der Waals surface area contributed by atoms with Gasteiger partial charge in [-0.3, -0.25) is 0 Å². The molecular formula is C13H15ClN2O. The number of nitrogens with zero attached hydrogens (tertiary/aromatic N) is 2. The zero-order chi connectivity index (χ0) is 12.5. The van der Waals surface area contributed by atoms with E-state index >= 15 is 0 Å². The summed E-state index contributed by atoms with van der Waals surface area (Å²) < 4.78 is 1.83. The minimum absolute atomic E-state index is 0.515. The maximum Gasteiger partial charge on any atom is 0.109 e. The average molecular weight is 251 g/mol. The number of halogens is 1. The summed E-state index contributed by atoms with van der Waals surface area (Å²) >= 11 is 5.83. The van der Waals surface area contributed by atoms with Crippen LogP contribution in [0.4, 0.5) is 0 Å². The van der Waals surface area contributed by atoms with E-state index in [9.17, 15) is 5.11 Å². The smallest absolute Gasteiger partial charge is 0.109 e. The molecule has 0 radical (unpaired) electrons. The minimum atomic E-state index is -0.963. The van der Waals surface area contributed by atoms with E-state index in [0.717, 1.165) is 5.56 Å². The first-order chi connectivity index (χ1) is 7.97. The van der Waals surface area contributed by atoms with E-state index in [1.807, 2.05) is 42.1 Å². The maximum atomic E-state index is 10.4. The van der Waals surface area contributed by atoms with Crippen molar-refractivity contribution in [2.24, 2.45) is 7.05 Å². The summed E-state index contributed by atoms with van der Waals surface area (Å²) in [6.45, 7) is 1.77. The van der Waals surface area contributed by atoms with Crippen LogP contribution in [0, 0.1) is 0 Å². The van der Waals surface area contributed by atoms with Gasteiger partial charge in [-0.25, -0.2) is 4.98 Å². The number of imidazole rings is 1. The molecule has 0 saturated heterocycles. The van der Waals surface area contributed by atoms with Crippen molar-refractivity contribution in [3.63, 3.8) is 0 Å². The van der Waals surface area contributed by atoms with Crippen LogP contribution in [-0.4, -0.2) is 14.7 Å². The summed E-state index contributed by atoms with van der Waals surface area (Å²) in [5, 5.41) is 11.1. The van der Waals surface area contributed by atoms with Crippen LogP contribution < -0.4 is 0 Å². The van der Waals surface area contributed by atoms with Gasteiger partial charge in [0, 0.05) is 24.7 Å². The molecule has 2 aromatic rings. The van der Waals surface area contributed by atoms with Crippen LogP contribution in [0.3, 0.4) is 0 Å². The monoisotopic (exact) mass is 250 g/mol. The zero-order valence-electron chi connectivity index (χ0n) is 9.89. The third kappa shape index (κ3) is 2.87. The van der Waals surface area contributed by atoms with Crippen molar-refractivity contribution in [2.45, 2.75) is 18.9 Å². The van der Waals surface area contributed by atoms with Crippen LogP contribution in [0.2, 0.25) is 5.02 Å². The van der Waals surface area contributed by atoms with Gasteiger partial charge in [-0.2, -0.15) is 0 Å². The molecule has 1 unspecified atom stereocenters. The van der Waals surface area contributed by atoms with Gasteiger partial charge in [0.05, 0.1) is 12.0 Å². The first kappa shape index (κ1) is 12.1. The van der Waals surface area contributed by atoms with Crippen LogP contribution in [-0.2, 0) is 19.1 Å². The molecule has 0 aliphatic heterocycles. The summed E-state index contributed by atoms with van der Waals surface area (Å²) in [6, 6.07) is 7.48. The quantitative estimate of drug-likeness (QED) is 0.909. The van der Waals surface area contributed by atoms with Gasteiger partial charge >= 0.3 is 0 Å². The van der Waals surface area contributed by atoms with E-state index in [1.165, 1.54) is 0 Å². The Morgan fingerprint density at radius 3 is 2.53 bits per heavy atom. The molecule has 1 aromatic carbocycles. The first-order valence-corrected chi connectivity index (χ1v) is 5.80. The van der Waals surface area contributed by atoms with E-state index < -0.39 is 5.60 Å². The van der Waals surface area contributed by atoms with E-state index in [4.69, 9.17) is 11.6 Å². The standard InChI is InChI=1S/C13H15ClN2O/c1-13(17,12-8-16(2)9-15-12)7-10-3-5-11(14)6-4-10/h3-6,8-9,17H,7H2,1-2H3. The Morgan fingerprint density at radius 2 is 2.00 bits per heavy atom. The van der Waals surface area contributed by atoms with E-state index in [1.54, 1.807) is 13.3 Å². The van der Waals surface area contributed by atoms with Crippen molar-refractivity contribution in [3.05, 3.63) is 53.1 Å². The fraction of sp³-hybridized carbons (Fsp3) is 0.308. The predicted octanol–water partition coefficient (Wildman–Crippen LogP) is 2.52. The second-order valence-corrected chi connectivity index (χ2v) is 4.94. The highest BCUT2D eigenvalue weighted by atomic mass is 35.5. The highest BCUT2D eigenvalue weighted by Crippen LogP contribution is 2.24. The van der Waals surface area contributed by atoms with Crippen molar-refractivity contribution in [2.75, 3.05) is 0 Å². The number of hydrogen-bond acceptors (Lipinski definition) is 2. The Balaban J connectivity index is 2.19. The van der Waals surface area contributed by atoms with Gasteiger partial charge < -0.3 is 9.67 Å². The molecule has 0 amide bonds. The highest BCUT2D eigenvalue weighted by Gasteiger charge is 2.25. The molecule has 0 saturated carbocycles. The number of aliphatic hydroxyl groups is 1. The fourth-order valence-electron chi connectivity index (χ4n) is 1.78.